The molecule has 210 valence electrons. The maximum Gasteiger partial charge on any atom is 0.306 e. The van der Waals surface area contributed by atoms with Gasteiger partial charge in [0.2, 0.25) is 0 Å². The molecule has 1 fully saturated rings. The van der Waals surface area contributed by atoms with Crippen LogP contribution >= 0.6 is 0 Å². The van der Waals surface area contributed by atoms with E-state index >= 15 is 4.39 Å². The van der Waals surface area contributed by atoms with Crippen LogP contribution < -0.4 is 14.2 Å². The predicted octanol–water partition coefficient (Wildman–Crippen LogP) is 6.77. The van der Waals surface area contributed by atoms with Crippen molar-refractivity contribution in [3.05, 3.63) is 76.1 Å². The number of esters is 1. The quantitative estimate of drug-likeness (QED) is 0.291. The minimum Gasteiger partial charge on any atom is -0.492 e. The summed E-state index contributed by atoms with van der Waals surface area (Å²) < 4.78 is 44.0. The fourth-order valence-electron chi connectivity index (χ4n) is 6.37. The van der Waals surface area contributed by atoms with Gasteiger partial charge in [-0.2, -0.15) is 0 Å². The number of rotatable bonds is 8. The van der Waals surface area contributed by atoms with E-state index in [1.807, 2.05) is 24.3 Å². The molecule has 3 atom stereocenters. The maximum absolute atomic E-state index is 15.3. The molecule has 0 amide bonds. The second kappa shape index (κ2) is 11.1. The van der Waals surface area contributed by atoms with Crippen LogP contribution in [0.5, 0.6) is 17.2 Å². The van der Waals surface area contributed by atoms with E-state index in [0.717, 1.165) is 65.0 Å². The molecular weight excluding hydrogens is 511 g/mol. The van der Waals surface area contributed by atoms with Crippen LogP contribution in [-0.4, -0.2) is 39.0 Å². The van der Waals surface area contributed by atoms with Crippen molar-refractivity contribution < 1.29 is 32.9 Å². The molecule has 40 heavy (non-hydrogen) atoms. The molecule has 0 radical (unpaired) electrons. The van der Waals surface area contributed by atoms with Gasteiger partial charge in [0.25, 0.3) is 0 Å². The Balaban J connectivity index is 1.22. The lowest BCUT2D eigenvalue weighted by Crippen LogP contribution is -2.16. The molecular formula is C33H35FO6. The Kier molecular flexibility index (Phi) is 7.41. The smallest absolute Gasteiger partial charge is 0.306 e. The van der Waals surface area contributed by atoms with Crippen LogP contribution in [0.2, 0.25) is 0 Å². The topological polar surface area (TPSA) is 63.2 Å². The summed E-state index contributed by atoms with van der Waals surface area (Å²) in [6.07, 6.45) is 3.58. The lowest BCUT2D eigenvalue weighted by Gasteiger charge is -2.19. The molecule has 1 saturated heterocycles. The molecule has 3 aromatic carbocycles. The van der Waals surface area contributed by atoms with Gasteiger partial charge in [-0.05, 0) is 91.6 Å². The highest BCUT2D eigenvalue weighted by atomic mass is 19.1. The summed E-state index contributed by atoms with van der Waals surface area (Å²) in [7, 11) is 1.39. The van der Waals surface area contributed by atoms with Crippen LogP contribution in [0.25, 0.3) is 11.1 Å². The van der Waals surface area contributed by atoms with E-state index in [9.17, 15) is 4.79 Å². The first-order valence-corrected chi connectivity index (χ1v) is 14.1. The fraction of sp³-hybridized carbons (Fsp3) is 0.424. The molecule has 0 N–H and O–H groups in total. The van der Waals surface area contributed by atoms with Crippen LogP contribution in [0.1, 0.15) is 65.5 Å². The molecule has 6 nitrogen and oxygen atoms in total. The third-order valence-corrected chi connectivity index (χ3v) is 8.30. The lowest BCUT2D eigenvalue weighted by atomic mass is 9.90. The van der Waals surface area contributed by atoms with Crippen molar-refractivity contribution in [3.8, 4) is 28.4 Å². The van der Waals surface area contributed by atoms with Crippen molar-refractivity contribution in [1.82, 2.24) is 0 Å². The molecule has 2 heterocycles. The number of carbonyl (C=O) groups excluding carboxylic acids is 1. The highest BCUT2D eigenvalue weighted by Crippen LogP contribution is 2.45. The van der Waals surface area contributed by atoms with Crippen LogP contribution in [0, 0.1) is 19.7 Å². The Bertz CT molecular complexity index is 1400. The Morgan fingerprint density at radius 1 is 1.05 bits per heavy atom. The number of carbonyl (C=O) groups is 1. The number of hydrogen-bond donors (Lipinski definition) is 0. The number of ether oxygens (including phenoxy) is 5. The van der Waals surface area contributed by atoms with Gasteiger partial charge in [0.1, 0.15) is 35.8 Å². The van der Waals surface area contributed by atoms with Gasteiger partial charge in [-0.3, -0.25) is 4.79 Å². The zero-order valence-electron chi connectivity index (χ0n) is 23.3. The van der Waals surface area contributed by atoms with E-state index in [-0.39, 0.29) is 30.2 Å². The lowest BCUT2D eigenvalue weighted by molar-refractivity contribution is -0.141. The molecule has 0 aromatic heterocycles. The zero-order chi connectivity index (χ0) is 27.8. The van der Waals surface area contributed by atoms with E-state index in [0.29, 0.717) is 36.7 Å². The minimum absolute atomic E-state index is 0.0389. The van der Waals surface area contributed by atoms with E-state index < -0.39 is 6.10 Å². The summed E-state index contributed by atoms with van der Waals surface area (Å²) in [6, 6.07) is 13.2. The number of halogens is 1. The first kappa shape index (κ1) is 26.6. The summed E-state index contributed by atoms with van der Waals surface area (Å²) in [4.78, 5) is 11.7. The second-order valence-electron chi connectivity index (χ2n) is 11.0. The number of aryl methyl sites for hydroxylation is 2. The predicted molar refractivity (Wildman–Crippen MR) is 149 cm³/mol. The van der Waals surface area contributed by atoms with E-state index in [2.05, 4.69) is 26.0 Å². The SMILES string of the molecule is COC(=O)C[C@@H]1COc2cc(O[C@@H]3CCc4c(-c5c(C)cc(OCC6CCCO6)cc5C)ccc(F)c43)ccc21. The van der Waals surface area contributed by atoms with Crippen molar-refractivity contribution in [2.45, 2.75) is 64.1 Å². The third-order valence-electron chi connectivity index (χ3n) is 8.30. The Morgan fingerprint density at radius 3 is 2.62 bits per heavy atom. The van der Waals surface area contributed by atoms with Crippen molar-refractivity contribution in [3.63, 3.8) is 0 Å². The Labute approximate surface area is 234 Å². The summed E-state index contributed by atoms with van der Waals surface area (Å²) in [5, 5.41) is 0. The van der Waals surface area contributed by atoms with Crippen LogP contribution in [0.4, 0.5) is 4.39 Å². The van der Waals surface area contributed by atoms with Crippen LogP contribution in [0.3, 0.4) is 0 Å². The molecule has 3 aromatic rings. The van der Waals surface area contributed by atoms with Crippen molar-refractivity contribution >= 4 is 5.97 Å². The van der Waals surface area contributed by atoms with Gasteiger partial charge in [-0.1, -0.05) is 12.1 Å². The van der Waals surface area contributed by atoms with Crippen LogP contribution in [0.15, 0.2) is 42.5 Å². The van der Waals surface area contributed by atoms with E-state index in [1.54, 1.807) is 6.07 Å². The molecule has 7 heteroatoms. The van der Waals surface area contributed by atoms with Crippen molar-refractivity contribution in [2.75, 3.05) is 26.9 Å². The van der Waals surface area contributed by atoms with Gasteiger partial charge in [-0.15, -0.1) is 0 Å². The van der Waals surface area contributed by atoms with Gasteiger partial charge in [0.05, 0.1) is 26.2 Å². The summed E-state index contributed by atoms with van der Waals surface area (Å²) in [5.74, 6) is 1.61. The first-order valence-electron chi connectivity index (χ1n) is 14.1. The largest absolute Gasteiger partial charge is 0.492 e. The molecule has 2 aliphatic heterocycles. The van der Waals surface area contributed by atoms with Gasteiger partial charge in [-0.25, -0.2) is 4.39 Å². The maximum atomic E-state index is 15.3. The Hall–Kier alpha value is -3.58. The summed E-state index contributed by atoms with van der Waals surface area (Å²) >= 11 is 0. The third kappa shape index (κ3) is 5.15. The molecule has 1 aliphatic carbocycles. The van der Waals surface area contributed by atoms with Crippen molar-refractivity contribution in [2.24, 2.45) is 0 Å². The van der Waals surface area contributed by atoms with Crippen LogP contribution in [-0.2, 0) is 20.7 Å². The molecule has 3 aliphatic rings. The first-order chi connectivity index (χ1) is 19.4. The fourth-order valence-corrected chi connectivity index (χ4v) is 6.37. The number of methoxy groups -OCH3 is 1. The molecule has 0 bridgehead atoms. The standard InChI is InChI=1S/C33H35FO6/c1-19-13-24(38-18-23-5-4-12-37-23)14-20(2)32(19)26-8-10-28(34)33-27(26)9-11-29(33)40-22-6-7-25-21(15-31(35)36-3)17-39-30(25)16-22/h6-8,10,13-14,16,21,23,29H,4-5,9,11-12,15,17-18H2,1-3H3/t21-,23?,29-/m1/s1. The minimum atomic E-state index is -0.394. The number of fused-ring (bicyclic) bond motifs is 2. The monoisotopic (exact) mass is 546 g/mol. The molecule has 1 unspecified atom stereocenters. The number of hydrogen-bond acceptors (Lipinski definition) is 6. The van der Waals surface area contributed by atoms with E-state index in [4.69, 9.17) is 23.7 Å². The van der Waals surface area contributed by atoms with Gasteiger partial charge < -0.3 is 23.7 Å². The summed E-state index contributed by atoms with van der Waals surface area (Å²) in [5.41, 5.74) is 6.94. The van der Waals surface area contributed by atoms with Crippen molar-refractivity contribution in [1.29, 1.82) is 0 Å². The van der Waals surface area contributed by atoms with Gasteiger partial charge >= 0.3 is 5.97 Å². The molecule has 0 spiro atoms. The summed E-state index contributed by atoms with van der Waals surface area (Å²) in [6.45, 7) is 5.96. The molecule has 0 saturated carbocycles. The second-order valence-corrected chi connectivity index (χ2v) is 11.0. The van der Waals surface area contributed by atoms with Gasteiger partial charge in [0.15, 0.2) is 0 Å². The average Bonchev–Trinajstić information content (AvgIpc) is 3.69. The molecule has 6 rings (SSSR count). The van der Waals surface area contributed by atoms with Gasteiger partial charge in [0, 0.05) is 29.7 Å². The average molecular weight is 547 g/mol. The van der Waals surface area contributed by atoms with E-state index in [1.165, 1.54) is 7.11 Å². The highest BCUT2D eigenvalue weighted by Gasteiger charge is 2.32. The Morgan fingerprint density at radius 2 is 1.88 bits per heavy atom. The normalized spacial score (nSPS) is 21.1. The highest BCUT2D eigenvalue weighted by molar-refractivity contribution is 5.76. The zero-order valence-corrected chi connectivity index (χ0v) is 23.3. The number of benzene rings is 3.